The van der Waals surface area contributed by atoms with Crippen LogP contribution in [0.15, 0.2) is 30.3 Å². The van der Waals surface area contributed by atoms with Gasteiger partial charge in [-0.25, -0.2) is 0 Å². The summed E-state index contributed by atoms with van der Waals surface area (Å²) in [5.41, 5.74) is 0.780. The number of benzene rings is 1. The van der Waals surface area contributed by atoms with Gasteiger partial charge in [0.25, 0.3) is 0 Å². The van der Waals surface area contributed by atoms with E-state index in [-0.39, 0.29) is 6.61 Å². The highest BCUT2D eigenvalue weighted by atomic mass is 16.7. The number of aliphatic hydroxyl groups excluding tert-OH is 2. The van der Waals surface area contributed by atoms with E-state index in [9.17, 15) is 15.0 Å². The third kappa shape index (κ3) is 2.70. The van der Waals surface area contributed by atoms with Crippen molar-refractivity contribution < 1.29 is 24.5 Å². The maximum Gasteiger partial charge on any atom is 0.184 e. The zero-order valence-corrected chi connectivity index (χ0v) is 9.10. The van der Waals surface area contributed by atoms with E-state index in [1.165, 1.54) is 0 Å². The Kier molecular flexibility index (Phi) is 3.86. The molecule has 0 saturated carbocycles. The molecule has 4 atom stereocenters. The van der Waals surface area contributed by atoms with Gasteiger partial charge in [-0.05, 0) is 0 Å². The molecule has 17 heavy (non-hydrogen) atoms. The van der Waals surface area contributed by atoms with E-state index in [1.807, 2.05) is 30.3 Å². The highest BCUT2D eigenvalue weighted by Gasteiger charge is 2.36. The van der Waals surface area contributed by atoms with Crippen molar-refractivity contribution in [3.05, 3.63) is 35.9 Å². The first-order valence-corrected chi connectivity index (χ1v) is 5.36. The number of rotatable bonds is 3. The molecule has 0 radical (unpaired) electrons. The Labute approximate surface area is 98.6 Å². The standard InChI is InChI=1S/C12H14O5/c13-6-9(14)11-10(15)7-16-12(17-11)8-4-2-1-3-5-8/h1-6,9-12,14-15H,7H2. The minimum Gasteiger partial charge on any atom is -0.388 e. The minimum atomic E-state index is -1.35. The van der Waals surface area contributed by atoms with Crippen LogP contribution in [0.5, 0.6) is 0 Å². The van der Waals surface area contributed by atoms with Gasteiger partial charge in [0, 0.05) is 5.56 Å². The van der Waals surface area contributed by atoms with Crippen molar-refractivity contribution in [1.29, 1.82) is 0 Å². The molecule has 5 heteroatoms. The highest BCUT2D eigenvalue weighted by Crippen LogP contribution is 2.27. The van der Waals surface area contributed by atoms with Gasteiger partial charge in [0.2, 0.25) is 0 Å². The number of ether oxygens (including phenoxy) is 2. The van der Waals surface area contributed by atoms with Crippen molar-refractivity contribution in [3.8, 4) is 0 Å². The molecule has 0 amide bonds. The quantitative estimate of drug-likeness (QED) is 0.726. The Hall–Kier alpha value is -1.27. The van der Waals surface area contributed by atoms with Gasteiger partial charge in [0.15, 0.2) is 12.6 Å². The smallest absolute Gasteiger partial charge is 0.184 e. The fourth-order valence-corrected chi connectivity index (χ4v) is 1.72. The molecule has 1 fully saturated rings. The second-order valence-corrected chi connectivity index (χ2v) is 3.87. The topological polar surface area (TPSA) is 76.0 Å². The predicted octanol–water partition coefficient (Wildman–Crippen LogP) is 0.0213. The molecule has 0 aliphatic carbocycles. The van der Waals surface area contributed by atoms with Gasteiger partial charge in [-0.3, -0.25) is 0 Å². The molecular formula is C12H14O5. The number of aliphatic hydroxyl groups is 2. The fraction of sp³-hybridized carbons (Fsp3) is 0.417. The van der Waals surface area contributed by atoms with Crippen LogP contribution in [0.2, 0.25) is 0 Å². The average Bonchev–Trinajstić information content (AvgIpc) is 2.39. The van der Waals surface area contributed by atoms with E-state index < -0.39 is 24.6 Å². The Morgan fingerprint density at radius 2 is 2.06 bits per heavy atom. The molecule has 1 aliphatic heterocycles. The summed E-state index contributed by atoms with van der Waals surface area (Å²) in [4.78, 5) is 10.5. The molecule has 1 aromatic rings. The summed E-state index contributed by atoms with van der Waals surface area (Å²) in [5.74, 6) is 0. The molecule has 1 aromatic carbocycles. The lowest BCUT2D eigenvalue weighted by Gasteiger charge is -2.35. The summed E-state index contributed by atoms with van der Waals surface area (Å²) in [5, 5.41) is 19.0. The summed E-state index contributed by atoms with van der Waals surface area (Å²) < 4.78 is 10.7. The van der Waals surface area contributed by atoms with Crippen LogP contribution in [-0.4, -0.2) is 41.4 Å². The van der Waals surface area contributed by atoms with Gasteiger partial charge in [0.05, 0.1) is 6.61 Å². The lowest BCUT2D eigenvalue weighted by atomic mass is 10.1. The summed E-state index contributed by atoms with van der Waals surface area (Å²) in [6.45, 7) is 0.0229. The predicted molar refractivity (Wildman–Crippen MR) is 58.1 cm³/mol. The fourth-order valence-electron chi connectivity index (χ4n) is 1.72. The number of carbonyl (C=O) groups is 1. The number of hydrogen-bond donors (Lipinski definition) is 2. The second-order valence-electron chi connectivity index (χ2n) is 3.87. The Bertz CT molecular complexity index is 366. The van der Waals surface area contributed by atoms with E-state index in [2.05, 4.69) is 0 Å². The summed E-state index contributed by atoms with van der Waals surface area (Å²) in [6.07, 6.45) is -3.62. The zero-order chi connectivity index (χ0) is 12.3. The van der Waals surface area contributed by atoms with Crippen LogP contribution >= 0.6 is 0 Å². The van der Waals surface area contributed by atoms with Crippen molar-refractivity contribution in [1.82, 2.24) is 0 Å². The molecule has 1 saturated heterocycles. The lowest BCUT2D eigenvalue weighted by Crippen LogP contribution is -2.47. The normalized spacial score (nSPS) is 30.8. The highest BCUT2D eigenvalue weighted by molar-refractivity contribution is 5.56. The van der Waals surface area contributed by atoms with Crippen LogP contribution in [0.4, 0.5) is 0 Å². The molecule has 0 spiro atoms. The SMILES string of the molecule is O=CC(O)C1OC(c2ccccc2)OCC1O. The summed E-state index contributed by atoms with van der Waals surface area (Å²) in [7, 11) is 0. The van der Waals surface area contributed by atoms with E-state index in [4.69, 9.17) is 9.47 Å². The van der Waals surface area contributed by atoms with E-state index in [0.29, 0.717) is 6.29 Å². The molecule has 92 valence electrons. The number of aldehydes is 1. The molecule has 5 nitrogen and oxygen atoms in total. The van der Waals surface area contributed by atoms with Crippen LogP contribution in [0.25, 0.3) is 0 Å². The van der Waals surface area contributed by atoms with Gasteiger partial charge in [0.1, 0.15) is 18.3 Å². The first-order chi connectivity index (χ1) is 8.22. The van der Waals surface area contributed by atoms with Crippen molar-refractivity contribution in [2.45, 2.75) is 24.6 Å². The van der Waals surface area contributed by atoms with Crippen molar-refractivity contribution in [2.24, 2.45) is 0 Å². The first-order valence-electron chi connectivity index (χ1n) is 5.36. The van der Waals surface area contributed by atoms with E-state index in [0.717, 1.165) is 5.56 Å². The van der Waals surface area contributed by atoms with Gasteiger partial charge >= 0.3 is 0 Å². The van der Waals surface area contributed by atoms with Gasteiger partial charge in [-0.1, -0.05) is 30.3 Å². The monoisotopic (exact) mass is 238 g/mol. The molecule has 0 aromatic heterocycles. The molecular weight excluding hydrogens is 224 g/mol. The number of hydrogen-bond acceptors (Lipinski definition) is 5. The van der Waals surface area contributed by atoms with Crippen LogP contribution < -0.4 is 0 Å². The Morgan fingerprint density at radius 1 is 1.35 bits per heavy atom. The molecule has 4 unspecified atom stereocenters. The van der Waals surface area contributed by atoms with Crippen LogP contribution in [-0.2, 0) is 14.3 Å². The maximum atomic E-state index is 10.5. The summed E-state index contributed by atoms with van der Waals surface area (Å²) in [6, 6.07) is 9.15. The maximum absolute atomic E-state index is 10.5. The molecule has 1 aliphatic rings. The molecule has 0 bridgehead atoms. The van der Waals surface area contributed by atoms with E-state index in [1.54, 1.807) is 0 Å². The first kappa shape index (κ1) is 12.2. The van der Waals surface area contributed by atoms with Crippen molar-refractivity contribution >= 4 is 6.29 Å². The van der Waals surface area contributed by atoms with Crippen LogP contribution in [0.1, 0.15) is 11.9 Å². The van der Waals surface area contributed by atoms with Crippen molar-refractivity contribution in [2.75, 3.05) is 6.61 Å². The molecule has 2 N–H and O–H groups in total. The van der Waals surface area contributed by atoms with E-state index >= 15 is 0 Å². The minimum absolute atomic E-state index is 0.0229. The van der Waals surface area contributed by atoms with Crippen LogP contribution in [0.3, 0.4) is 0 Å². The third-order valence-corrected chi connectivity index (χ3v) is 2.63. The largest absolute Gasteiger partial charge is 0.388 e. The molecule has 2 rings (SSSR count). The lowest BCUT2D eigenvalue weighted by molar-refractivity contribution is -0.271. The second kappa shape index (κ2) is 5.37. The van der Waals surface area contributed by atoms with Crippen LogP contribution in [0, 0.1) is 0 Å². The third-order valence-electron chi connectivity index (χ3n) is 2.63. The number of carbonyl (C=O) groups excluding carboxylic acids is 1. The van der Waals surface area contributed by atoms with Gasteiger partial charge < -0.3 is 24.5 Å². The van der Waals surface area contributed by atoms with Gasteiger partial charge in [-0.15, -0.1) is 0 Å². The zero-order valence-electron chi connectivity index (χ0n) is 9.10. The van der Waals surface area contributed by atoms with Gasteiger partial charge in [-0.2, -0.15) is 0 Å². The van der Waals surface area contributed by atoms with Crippen molar-refractivity contribution in [3.63, 3.8) is 0 Å². The molecule has 1 heterocycles. The summed E-state index contributed by atoms with van der Waals surface area (Å²) >= 11 is 0. The average molecular weight is 238 g/mol. The Balaban J connectivity index is 2.10. The Morgan fingerprint density at radius 3 is 2.71 bits per heavy atom.